The number of carbonyl (C=O) groups excluding carboxylic acids is 1. The number of urea groups is 1. The number of carbonyl (C=O) groups is 1. The highest BCUT2D eigenvalue weighted by Gasteiger charge is 2.56. The molecule has 0 radical (unpaired) electrons. The van der Waals surface area contributed by atoms with E-state index in [2.05, 4.69) is 102 Å². The van der Waals surface area contributed by atoms with Gasteiger partial charge in [-0.05, 0) is 54.5 Å². The van der Waals surface area contributed by atoms with Crippen LogP contribution in [0.1, 0.15) is 72.8 Å². The third-order valence-corrected chi connectivity index (χ3v) is 11.2. The molecule has 2 unspecified atom stereocenters. The summed E-state index contributed by atoms with van der Waals surface area (Å²) in [5.41, 5.74) is 6.70. The molecule has 0 spiro atoms. The van der Waals surface area contributed by atoms with Gasteiger partial charge in [0.2, 0.25) is 6.23 Å². The summed E-state index contributed by atoms with van der Waals surface area (Å²) in [4.78, 5) is 19.7. The van der Waals surface area contributed by atoms with Crippen LogP contribution < -0.4 is 9.91 Å². The number of rotatable bonds is 8. The molecule has 1 aliphatic carbocycles. The number of nitrogens with zero attached hydrogens (tertiary/aromatic N) is 5. The SMILES string of the molecule is O=C(NC1CCCC1)[N+]1(C2CCCCO2)N=C(c2ccccc2)c2cc(-c3ncn(C(c4ccccc4)(c4ccccc4)c4ccccc4)n3)ccc21. The second-order valence-electron chi connectivity index (χ2n) is 14.3. The molecule has 3 heterocycles. The second-order valence-corrected chi connectivity index (χ2v) is 14.3. The monoisotopic (exact) mass is 699 g/mol. The molecule has 264 valence electrons. The first kappa shape index (κ1) is 33.2. The van der Waals surface area contributed by atoms with Crippen molar-refractivity contribution in [1.29, 1.82) is 0 Å². The molecular weight excluding hydrogens is 657 g/mol. The van der Waals surface area contributed by atoms with Crippen LogP contribution in [-0.4, -0.2) is 45.4 Å². The van der Waals surface area contributed by atoms with E-state index in [4.69, 9.17) is 19.9 Å². The quantitative estimate of drug-likeness (QED) is 0.127. The zero-order chi connectivity index (χ0) is 35.7. The highest BCUT2D eigenvalue weighted by molar-refractivity contribution is 6.20. The first-order valence-electron chi connectivity index (χ1n) is 18.9. The van der Waals surface area contributed by atoms with Crippen LogP contribution in [0.3, 0.4) is 0 Å². The van der Waals surface area contributed by atoms with Crippen molar-refractivity contribution in [2.24, 2.45) is 5.10 Å². The molecule has 1 aromatic heterocycles. The Morgan fingerprint density at radius 3 is 1.87 bits per heavy atom. The molecule has 8 heteroatoms. The van der Waals surface area contributed by atoms with Gasteiger partial charge in [-0.15, -0.1) is 5.10 Å². The van der Waals surface area contributed by atoms with E-state index in [1.165, 1.54) is 0 Å². The van der Waals surface area contributed by atoms with E-state index in [9.17, 15) is 4.79 Å². The Bertz CT molecular complexity index is 2130. The van der Waals surface area contributed by atoms with Crippen molar-refractivity contribution in [2.45, 2.75) is 62.8 Å². The molecule has 2 aliphatic heterocycles. The molecular formula is C45H43N6O2+. The number of nitrogens with one attached hydrogen (secondary N) is 1. The van der Waals surface area contributed by atoms with E-state index in [-0.39, 0.29) is 16.7 Å². The minimum Gasteiger partial charge on any atom is -0.326 e. The van der Waals surface area contributed by atoms with Crippen LogP contribution in [0, 0.1) is 0 Å². The molecule has 6 aromatic rings. The zero-order valence-electron chi connectivity index (χ0n) is 29.7. The molecule has 8 nitrogen and oxygen atoms in total. The standard InChI is InChI=1S/C45H42N6O2/c52-44(47-38-25-13-14-26-38)51(41-27-15-16-30-53-41)40-29-28-34(31-39(40)42(49-51)33-17-5-1-6-18-33)43-46-32-50(48-43)45(35-19-7-2-8-20-35,36-21-9-3-10-22-36)37-23-11-4-12-24-37/h1-12,17-24,28-29,31-32,38,41H,13-16,25-27,30H2/p+1. The summed E-state index contributed by atoms with van der Waals surface area (Å²) >= 11 is 0. The van der Waals surface area contributed by atoms with E-state index in [0.29, 0.717) is 12.4 Å². The fraction of sp³-hybridized carbons (Fsp3) is 0.244. The molecule has 2 fully saturated rings. The lowest BCUT2D eigenvalue weighted by Crippen LogP contribution is -2.62. The molecule has 2 amide bonds. The lowest BCUT2D eigenvalue weighted by molar-refractivity contribution is -0.0605. The minimum atomic E-state index is -0.787. The van der Waals surface area contributed by atoms with Crippen molar-refractivity contribution in [3.05, 3.63) is 174 Å². The van der Waals surface area contributed by atoms with Gasteiger partial charge < -0.3 is 10.1 Å². The third-order valence-electron chi connectivity index (χ3n) is 11.2. The fourth-order valence-corrected chi connectivity index (χ4v) is 8.60. The average molecular weight is 700 g/mol. The van der Waals surface area contributed by atoms with E-state index < -0.39 is 11.8 Å². The Labute approximate surface area is 310 Å². The van der Waals surface area contributed by atoms with Gasteiger partial charge in [0.05, 0.1) is 12.2 Å². The maximum absolute atomic E-state index is 14.7. The van der Waals surface area contributed by atoms with Crippen molar-refractivity contribution in [2.75, 3.05) is 6.61 Å². The van der Waals surface area contributed by atoms with Gasteiger partial charge in [0.25, 0.3) is 0 Å². The van der Waals surface area contributed by atoms with Gasteiger partial charge in [-0.3, -0.25) is 0 Å². The van der Waals surface area contributed by atoms with Crippen LogP contribution in [0.2, 0.25) is 0 Å². The summed E-state index contributed by atoms with van der Waals surface area (Å²) in [6.07, 6.45) is 8.37. The first-order valence-corrected chi connectivity index (χ1v) is 18.9. The van der Waals surface area contributed by atoms with E-state index in [0.717, 1.165) is 89.7 Å². The van der Waals surface area contributed by atoms with Gasteiger partial charge in [0.15, 0.2) is 11.5 Å². The predicted molar refractivity (Wildman–Crippen MR) is 208 cm³/mol. The number of hydrogen-bond acceptors (Lipinski definition) is 5. The Hall–Kier alpha value is -5.70. The van der Waals surface area contributed by atoms with Crippen LogP contribution in [0.4, 0.5) is 10.5 Å². The van der Waals surface area contributed by atoms with Crippen LogP contribution in [0.5, 0.6) is 0 Å². The lowest BCUT2D eigenvalue weighted by Gasteiger charge is -2.36. The smallest absolute Gasteiger partial charge is 0.326 e. The van der Waals surface area contributed by atoms with Gasteiger partial charge in [-0.25, -0.2) is 14.5 Å². The third kappa shape index (κ3) is 5.70. The minimum absolute atomic E-state index is 0.121. The van der Waals surface area contributed by atoms with E-state index >= 15 is 0 Å². The molecule has 5 aromatic carbocycles. The largest absolute Gasteiger partial charge is 0.450 e. The molecule has 3 aliphatic rings. The topological polar surface area (TPSA) is 81.4 Å². The number of benzene rings is 5. The Balaban J connectivity index is 1.20. The predicted octanol–water partition coefficient (Wildman–Crippen LogP) is 9.04. The summed E-state index contributed by atoms with van der Waals surface area (Å²) in [5.74, 6) is 0.585. The Kier molecular flexibility index (Phi) is 8.78. The molecule has 1 N–H and O–H groups in total. The van der Waals surface area contributed by atoms with Crippen molar-refractivity contribution in [1.82, 2.24) is 24.7 Å². The van der Waals surface area contributed by atoms with E-state index in [1.54, 1.807) is 0 Å². The number of hydrogen-bond donors (Lipinski definition) is 1. The average Bonchev–Trinajstić information content (AvgIpc) is 4.01. The van der Waals surface area contributed by atoms with Gasteiger partial charge in [-0.1, -0.05) is 144 Å². The number of fused-ring (bicyclic) bond motifs is 1. The van der Waals surface area contributed by atoms with Crippen LogP contribution in [0.25, 0.3) is 11.4 Å². The lowest BCUT2D eigenvalue weighted by atomic mass is 9.77. The van der Waals surface area contributed by atoms with Crippen molar-refractivity contribution in [3.8, 4) is 11.4 Å². The molecule has 1 saturated heterocycles. The molecule has 9 rings (SSSR count). The number of amides is 2. The van der Waals surface area contributed by atoms with Crippen LogP contribution in [0.15, 0.2) is 151 Å². The van der Waals surface area contributed by atoms with Gasteiger partial charge in [0, 0.05) is 29.7 Å². The van der Waals surface area contributed by atoms with Crippen molar-refractivity contribution < 1.29 is 9.53 Å². The summed E-state index contributed by atoms with van der Waals surface area (Å²) in [6, 6.07) is 47.9. The fourth-order valence-electron chi connectivity index (χ4n) is 8.60. The Morgan fingerprint density at radius 1 is 0.698 bits per heavy atom. The maximum atomic E-state index is 14.7. The maximum Gasteiger partial charge on any atom is 0.450 e. The Morgan fingerprint density at radius 2 is 1.28 bits per heavy atom. The summed E-state index contributed by atoms with van der Waals surface area (Å²) < 4.78 is 8.20. The molecule has 0 bridgehead atoms. The van der Waals surface area contributed by atoms with Gasteiger partial charge >= 0.3 is 6.03 Å². The molecule has 2 atom stereocenters. The van der Waals surface area contributed by atoms with Gasteiger partial charge in [-0.2, -0.15) is 0 Å². The van der Waals surface area contributed by atoms with E-state index in [1.807, 2.05) is 53.5 Å². The summed E-state index contributed by atoms with van der Waals surface area (Å²) in [6.45, 7) is 0.609. The second kappa shape index (κ2) is 14.0. The van der Waals surface area contributed by atoms with Gasteiger partial charge in [0.1, 0.15) is 17.6 Å². The van der Waals surface area contributed by atoms with Crippen LogP contribution >= 0.6 is 0 Å². The normalized spacial score (nSPS) is 20.2. The van der Waals surface area contributed by atoms with Crippen molar-refractivity contribution >= 4 is 17.4 Å². The number of aromatic nitrogens is 3. The first-order chi connectivity index (χ1) is 26.2. The number of ether oxygens (including phenoxy) is 1. The highest BCUT2D eigenvalue weighted by atomic mass is 16.5. The summed E-state index contributed by atoms with van der Waals surface area (Å²) in [7, 11) is 0. The summed E-state index contributed by atoms with van der Waals surface area (Å²) in [5, 5.41) is 14.1. The molecule has 53 heavy (non-hydrogen) atoms. The van der Waals surface area contributed by atoms with Crippen molar-refractivity contribution in [3.63, 3.8) is 0 Å². The number of quaternary nitrogens is 1. The zero-order valence-corrected chi connectivity index (χ0v) is 29.7. The highest BCUT2D eigenvalue weighted by Crippen LogP contribution is 2.45. The van der Waals surface area contributed by atoms with Crippen LogP contribution in [-0.2, 0) is 10.3 Å². The molecule has 1 saturated carbocycles.